The summed E-state index contributed by atoms with van der Waals surface area (Å²) in [4.78, 5) is 11.8. The van der Waals surface area contributed by atoms with Gasteiger partial charge in [-0.2, -0.15) is 0 Å². The van der Waals surface area contributed by atoms with Crippen LogP contribution in [0.4, 0.5) is 0 Å². The van der Waals surface area contributed by atoms with Gasteiger partial charge >= 0.3 is 0 Å². The van der Waals surface area contributed by atoms with Gasteiger partial charge in [-0.25, -0.2) is 0 Å². The zero-order valence-corrected chi connectivity index (χ0v) is 10.5. The number of rotatable bonds is 7. The van der Waals surface area contributed by atoms with E-state index in [9.17, 15) is 4.79 Å². The van der Waals surface area contributed by atoms with Crippen molar-refractivity contribution in [2.45, 2.75) is 19.4 Å². The molecule has 0 aliphatic heterocycles. The summed E-state index contributed by atoms with van der Waals surface area (Å²) in [5, 5.41) is 2.84. The van der Waals surface area contributed by atoms with Gasteiger partial charge in [0.1, 0.15) is 0 Å². The molecule has 18 heavy (non-hydrogen) atoms. The molecular weight excluding hydrogens is 228 g/mol. The first-order valence-corrected chi connectivity index (χ1v) is 6.44. The van der Waals surface area contributed by atoms with E-state index in [-0.39, 0.29) is 5.91 Å². The van der Waals surface area contributed by atoms with Crippen molar-refractivity contribution in [2.24, 2.45) is 11.7 Å². The molecule has 1 aromatic rings. The van der Waals surface area contributed by atoms with Crippen molar-refractivity contribution in [3.63, 3.8) is 0 Å². The molecule has 1 amide bonds. The summed E-state index contributed by atoms with van der Waals surface area (Å²) in [5.41, 5.74) is 7.16. The van der Waals surface area contributed by atoms with Gasteiger partial charge in [0.05, 0.1) is 6.61 Å². The molecule has 1 aromatic carbocycles. The largest absolute Gasteiger partial charge is 0.379 e. The van der Waals surface area contributed by atoms with Gasteiger partial charge in [-0.05, 0) is 36.5 Å². The first-order valence-electron chi connectivity index (χ1n) is 6.44. The highest BCUT2D eigenvalue weighted by atomic mass is 16.5. The normalized spacial score (nSPS) is 14.5. The minimum Gasteiger partial charge on any atom is -0.379 e. The van der Waals surface area contributed by atoms with Crippen LogP contribution in [0.3, 0.4) is 0 Å². The van der Waals surface area contributed by atoms with Gasteiger partial charge in [-0.3, -0.25) is 4.79 Å². The Morgan fingerprint density at radius 3 is 3.00 bits per heavy atom. The Labute approximate surface area is 108 Å². The average Bonchev–Trinajstić information content (AvgIpc) is 3.22. The maximum absolute atomic E-state index is 11.8. The van der Waals surface area contributed by atoms with Gasteiger partial charge < -0.3 is 15.8 Å². The van der Waals surface area contributed by atoms with Crippen LogP contribution in [0.1, 0.15) is 28.8 Å². The predicted octanol–water partition coefficient (Wildman–Crippen LogP) is 1.30. The van der Waals surface area contributed by atoms with Crippen molar-refractivity contribution in [3.05, 3.63) is 35.4 Å². The molecule has 98 valence electrons. The highest BCUT2D eigenvalue weighted by molar-refractivity contribution is 5.94. The van der Waals surface area contributed by atoms with Gasteiger partial charge in [0.2, 0.25) is 0 Å². The van der Waals surface area contributed by atoms with E-state index in [2.05, 4.69) is 5.32 Å². The van der Waals surface area contributed by atoms with E-state index in [4.69, 9.17) is 10.5 Å². The topological polar surface area (TPSA) is 64.4 Å². The number of carbonyl (C=O) groups excluding carboxylic acids is 1. The average molecular weight is 248 g/mol. The van der Waals surface area contributed by atoms with Crippen LogP contribution in [0.2, 0.25) is 0 Å². The van der Waals surface area contributed by atoms with E-state index < -0.39 is 0 Å². The molecular formula is C14H20N2O2. The summed E-state index contributed by atoms with van der Waals surface area (Å²) in [6.07, 6.45) is 2.58. The van der Waals surface area contributed by atoms with E-state index in [0.29, 0.717) is 25.3 Å². The minimum absolute atomic E-state index is 0.0691. The number of hydrogen-bond donors (Lipinski definition) is 2. The molecule has 0 atom stereocenters. The lowest BCUT2D eigenvalue weighted by molar-refractivity contribution is 0.0906. The fraction of sp³-hybridized carbons (Fsp3) is 0.500. The van der Waals surface area contributed by atoms with E-state index in [1.54, 1.807) is 6.07 Å². The van der Waals surface area contributed by atoms with E-state index >= 15 is 0 Å². The van der Waals surface area contributed by atoms with Crippen LogP contribution in [-0.4, -0.2) is 25.7 Å². The molecule has 3 N–H and O–H groups in total. The molecule has 4 heteroatoms. The zero-order chi connectivity index (χ0) is 12.8. The summed E-state index contributed by atoms with van der Waals surface area (Å²) >= 11 is 0. The van der Waals surface area contributed by atoms with E-state index in [1.165, 1.54) is 12.8 Å². The third-order valence-corrected chi connectivity index (χ3v) is 3.01. The number of nitrogens with one attached hydrogen (secondary N) is 1. The molecule has 0 spiro atoms. The Morgan fingerprint density at radius 1 is 1.44 bits per heavy atom. The zero-order valence-electron chi connectivity index (χ0n) is 10.5. The maximum Gasteiger partial charge on any atom is 0.251 e. The number of benzene rings is 1. The predicted molar refractivity (Wildman–Crippen MR) is 70.2 cm³/mol. The van der Waals surface area contributed by atoms with Crippen molar-refractivity contribution >= 4 is 5.91 Å². The van der Waals surface area contributed by atoms with Crippen LogP contribution in [0.25, 0.3) is 0 Å². The Balaban J connectivity index is 1.69. The van der Waals surface area contributed by atoms with Crippen LogP contribution in [0, 0.1) is 5.92 Å². The number of nitrogens with two attached hydrogens (primary N) is 1. The number of hydrogen-bond acceptors (Lipinski definition) is 3. The molecule has 0 saturated heterocycles. The third-order valence-electron chi connectivity index (χ3n) is 3.01. The lowest BCUT2D eigenvalue weighted by atomic mass is 10.1. The van der Waals surface area contributed by atoms with Gasteiger partial charge in [0.25, 0.3) is 5.91 Å². The van der Waals surface area contributed by atoms with Crippen LogP contribution in [0.5, 0.6) is 0 Å². The van der Waals surface area contributed by atoms with Gasteiger partial charge in [0.15, 0.2) is 0 Å². The molecule has 1 aliphatic rings. The number of carbonyl (C=O) groups is 1. The van der Waals surface area contributed by atoms with Crippen LogP contribution < -0.4 is 11.1 Å². The molecule has 2 rings (SSSR count). The minimum atomic E-state index is -0.0691. The fourth-order valence-electron chi connectivity index (χ4n) is 1.71. The molecule has 0 aromatic heterocycles. The second-order valence-corrected chi connectivity index (χ2v) is 4.68. The van der Waals surface area contributed by atoms with E-state index in [0.717, 1.165) is 18.1 Å². The Bertz CT molecular complexity index is 403. The molecule has 1 fully saturated rings. The van der Waals surface area contributed by atoms with E-state index in [1.807, 2.05) is 18.2 Å². The smallest absolute Gasteiger partial charge is 0.251 e. The maximum atomic E-state index is 11.8. The van der Waals surface area contributed by atoms with Crippen LogP contribution >= 0.6 is 0 Å². The Morgan fingerprint density at radius 2 is 2.28 bits per heavy atom. The second kappa shape index (κ2) is 6.52. The standard InChI is InChI=1S/C14H20N2O2/c15-9-12-2-1-3-13(8-12)14(17)16-6-7-18-10-11-4-5-11/h1-3,8,11H,4-7,9-10,15H2,(H,16,17). The molecule has 4 nitrogen and oxygen atoms in total. The van der Waals surface area contributed by atoms with Gasteiger partial charge in [0, 0.05) is 25.3 Å². The second-order valence-electron chi connectivity index (χ2n) is 4.68. The highest BCUT2D eigenvalue weighted by Gasteiger charge is 2.20. The quantitative estimate of drug-likeness (QED) is 0.715. The van der Waals surface area contributed by atoms with Crippen molar-refractivity contribution in [1.29, 1.82) is 0 Å². The highest BCUT2D eigenvalue weighted by Crippen LogP contribution is 2.28. The molecule has 0 radical (unpaired) electrons. The summed E-state index contributed by atoms with van der Waals surface area (Å²) < 4.78 is 5.45. The van der Waals surface area contributed by atoms with Crippen LogP contribution in [0.15, 0.2) is 24.3 Å². The van der Waals surface area contributed by atoms with Gasteiger partial charge in [-0.15, -0.1) is 0 Å². The SMILES string of the molecule is NCc1cccc(C(=O)NCCOCC2CC2)c1. The summed E-state index contributed by atoms with van der Waals surface area (Å²) in [5.74, 6) is 0.697. The Kier molecular flexibility index (Phi) is 4.73. The van der Waals surface area contributed by atoms with Crippen molar-refractivity contribution in [2.75, 3.05) is 19.8 Å². The summed E-state index contributed by atoms with van der Waals surface area (Å²) in [6, 6.07) is 7.37. The van der Waals surface area contributed by atoms with Crippen molar-refractivity contribution < 1.29 is 9.53 Å². The van der Waals surface area contributed by atoms with Crippen molar-refractivity contribution in [1.82, 2.24) is 5.32 Å². The fourth-order valence-corrected chi connectivity index (χ4v) is 1.71. The molecule has 1 aliphatic carbocycles. The van der Waals surface area contributed by atoms with Gasteiger partial charge in [-0.1, -0.05) is 12.1 Å². The molecule has 0 bridgehead atoms. The molecule has 1 saturated carbocycles. The summed E-state index contributed by atoms with van der Waals surface area (Å²) in [6.45, 7) is 2.42. The third kappa shape index (κ3) is 4.13. The monoisotopic (exact) mass is 248 g/mol. The van der Waals surface area contributed by atoms with Crippen molar-refractivity contribution in [3.8, 4) is 0 Å². The first-order chi connectivity index (χ1) is 8.79. The number of amides is 1. The molecule has 0 unspecified atom stereocenters. The first kappa shape index (κ1) is 13.1. The lowest BCUT2D eigenvalue weighted by Gasteiger charge is -2.07. The molecule has 0 heterocycles. The summed E-state index contributed by atoms with van der Waals surface area (Å²) in [7, 11) is 0. The number of ether oxygens (including phenoxy) is 1. The Hall–Kier alpha value is -1.39. The van der Waals surface area contributed by atoms with Crippen LogP contribution in [-0.2, 0) is 11.3 Å². The lowest BCUT2D eigenvalue weighted by Crippen LogP contribution is -2.27.